The number of rotatable bonds is 2. The van der Waals surface area contributed by atoms with Crippen molar-refractivity contribution in [3.63, 3.8) is 0 Å². The first-order valence-electron chi connectivity index (χ1n) is 5.53. The van der Waals surface area contributed by atoms with Gasteiger partial charge in [0, 0.05) is 5.57 Å². The van der Waals surface area contributed by atoms with Gasteiger partial charge in [0.15, 0.2) is 5.78 Å². The summed E-state index contributed by atoms with van der Waals surface area (Å²) < 4.78 is 5.05. The Morgan fingerprint density at radius 3 is 2.94 bits per heavy atom. The summed E-state index contributed by atoms with van der Waals surface area (Å²) in [6, 6.07) is 0. The molecule has 1 heterocycles. The lowest BCUT2D eigenvalue weighted by Crippen LogP contribution is -2.28. The maximum atomic E-state index is 11.6. The van der Waals surface area contributed by atoms with Gasteiger partial charge in [0.1, 0.15) is 17.4 Å². The molecule has 0 aromatic heterocycles. The molecule has 0 saturated carbocycles. The number of aliphatic hydroxyl groups is 1. The predicted octanol–water partition coefficient (Wildman–Crippen LogP) is 1.25. The predicted molar refractivity (Wildman–Crippen MR) is 56.4 cm³/mol. The van der Waals surface area contributed by atoms with E-state index in [9.17, 15) is 14.7 Å². The Bertz CT molecular complexity index is 403. The molecule has 2 rings (SSSR count). The average molecular weight is 222 g/mol. The van der Waals surface area contributed by atoms with Gasteiger partial charge >= 0.3 is 5.97 Å². The first kappa shape index (κ1) is 11.1. The van der Waals surface area contributed by atoms with Gasteiger partial charge in [-0.2, -0.15) is 0 Å². The zero-order valence-corrected chi connectivity index (χ0v) is 9.16. The Hall–Kier alpha value is -1.42. The maximum Gasteiger partial charge on any atom is 0.347 e. The van der Waals surface area contributed by atoms with Crippen LogP contribution in [0.2, 0.25) is 0 Å². The van der Waals surface area contributed by atoms with Crippen LogP contribution in [-0.4, -0.2) is 23.0 Å². The number of carbonyl (C=O) groups excluding carboxylic acids is 2. The van der Waals surface area contributed by atoms with Crippen molar-refractivity contribution in [1.29, 1.82) is 0 Å². The van der Waals surface area contributed by atoms with Crippen LogP contribution in [0.1, 0.15) is 32.6 Å². The van der Waals surface area contributed by atoms with Gasteiger partial charge in [-0.3, -0.25) is 4.79 Å². The van der Waals surface area contributed by atoms with E-state index >= 15 is 0 Å². The molecule has 0 saturated heterocycles. The third kappa shape index (κ3) is 1.69. The third-order valence-corrected chi connectivity index (χ3v) is 2.84. The smallest absolute Gasteiger partial charge is 0.347 e. The van der Waals surface area contributed by atoms with Crippen LogP contribution in [-0.2, 0) is 14.3 Å². The molecule has 4 nitrogen and oxygen atoms in total. The van der Waals surface area contributed by atoms with Gasteiger partial charge in [0.2, 0.25) is 0 Å². The van der Waals surface area contributed by atoms with Crippen LogP contribution in [0.25, 0.3) is 0 Å². The fourth-order valence-corrected chi connectivity index (χ4v) is 1.98. The minimum Gasteiger partial charge on any atom is -0.423 e. The summed E-state index contributed by atoms with van der Waals surface area (Å²) in [5, 5.41) is 9.39. The molecule has 0 aromatic carbocycles. The fraction of sp³-hybridized carbons (Fsp3) is 0.500. The zero-order chi connectivity index (χ0) is 11.7. The molecule has 4 heteroatoms. The van der Waals surface area contributed by atoms with Crippen molar-refractivity contribution in [3.05, 3.63) is 23.0 Å². The lowest BCUT2D eigenvalue weighted by Gasteiger charge is -2.15. The van der Waals surface area contributed by atoms with E-state index in [0.717, 1.165) is 12.8 Å². The number of aliphatic hydroxyl groups excluding tert-OH is 1. The van der Waals surface area contributed by atoms with Gasteiger partial charge < -0.3 is 9.84 Å². The molecule has 0 amide bonds. The molecule has 1 aliphatic heterocycles. The summed E-state index contributed by atoms with van der Waals surface area (Å²) in [6.07, 6.45) is 3.47. The van der Waals surface area contributed by atoms with E-state index in [1.165, 1.54) is 0 Å². The lowest BCUT2D eigenvalue weighted by molar-refractivity contribution is -0.136. The number of hydrogen-bond donors (Lipinski definition) is 1. The van der Waals surface area contributed by atoms with E-state index in [-0.39, 0.29) is 5.57 Å². The molecular weight excluding hydrogens is 208 g/mol. The van der Waals surface area contributed by atoms with E-state index in [0.29, 0.717) is 24.2 Å². The van der Waals surface area contributed by atoms with Crippen molar-refractivity contribution in [2.24, 2.45) is 0 Å². The lowest BCUT2D eigenvalue weighted by atomic mass is 9.89. The first-order valence-corrected chi connectivity index (χ1v) is 5.53. The summed E-state index contributed by atoms with van der Waals surface area (Å²) in [7, 11) is 0. The number of esters is 1. The molecular formula is C12H14O4. The van der Waals surface area contributed by atoms with E-state index in [2.05, 4.69) is 0 Å². The summed E-state index contributed by atoms with van der Waals surface area (Å²) in [4.78, 5) is 23.1. The molecule has 0 fully saturated rings. The average Bonchev–Trinajstić information content (AvgIpc) is 2.58. The molecule has 1 aliphatic carbocycles. The van der Waals surface area contributed by atoms with Crippen LogP contribution in [0.5, 0.6) is 0 Å². The van der Waals surface area contributed by atoms with Gasteiger partial charge in [0.25, 0.3) is 0 Å². The Kier molecular flexibility index (Phi) is 2.92. The molecule has 1 atom stereocenters. The van der Waals surface area contributed by atoms with Crippen LogP contribution >= 0.6 is 0 Å². The third-order valence-electron chi connectivity index (χ3n) is 2.84. The Morgan fingerprint density at radius 1 is 1.50 bits per heavy atom. The van der Waals surface area contributed by atoms with Crippen molar-refractivity contribution in [2.45, 2.75) is 38.7 Å². The number of cyclic esters (lactones) is 1. The summed E-state index contributed by atoms with van der Waals surface area (Å²) >= 11 is 0. The molecule has 1 unspecified atom stereocenters. The molecule has 0 radical (unpaired) electrons. The van der Waals surface area contributed by atoms with E-state index in [1.54, 1.807) is 0 Å². The van der Waals surface area contributed by atoms with Gasteiger partial charge in [-0.15, -0.1) is 0 Å². The van der Waals surface area contributed by atoms with Gasteiger partial charge in [-0.05, 0) is 25.3 Å². The zero-order valence-electron chi connectivity index (χ0n) is 9.16. The van der Waals surface area contributed by atoms with Crippen LogP contribution in [0, 0.1) is 0 Å². The van der Waals surface area contributed by atoms with Crippen molar-refractivity contribution in [3.8, 4) is 0 Å². The number of Topliss-reactive ketones (excluding diaryl/α,β-unsaturated/α-hetero) is 1. The second kappa shape index (κ2) is 4.22. The van der Waals surface area contributed by atoms with Crippen molar-refractivity contribution < 1.29 is 19.4 Å². The fourth-order valence-electron chi connectivity index (χ4n) is 1.98. The molecule has 0 aromatic rings. The van der Waals surface area contributed by atoms with Crippen molar-refractivity contribution >= 4 is 11.8 Å². The van der Waals surface area contributed by atoms with Crippen molar-refractivity contribution in [1.82, 2.24) is 0 Å². The van der Waals surface area contributed by atoms with Gasteiger partial charge in [-0.25, -0.2) is 4.79 Å². The van der Waals surface area contributed by atoms with Gasteiger partial charge in [-0.1, -0.05) is 13.3 Å². The van der Waals surface area contributed by atoms with Crippen LogP contribution < -0.4 is 0 Å². The highest BCUT2D eigenvalue weighted by Gasteiger charge is 2.40. The van der Waals surface area contributed by atoms with E-state index in [1.807, 2.05) is 13.0 Å². The number of allylic oxidation sites excluding steroid dienone is 2. The van der Waals surface area contributed by atoms with E-state index < -0.39 is 17.9 Å². The quantitative estimate of drug-likeness (QED) is 0.564. The Labute approximate surface area is 93.6 Å². The molecule has 2 aliphatic rings. The van der Waals surface area contributed by atoms with Crippen LogP contribution in [0.3, 0.4) is 0 Å². The SMILES string of the molecule is CCCC=C1OC(=O)C2=C1CCC(O)C2=O. The number of ether oxygens (including phenoxy) is 1. The minimum absolute atomic E-state index is 0.0566. The molecule has 0 spiro atoms. The second-order valence-electron chi connectivity index (χ2n) is 4.02. The largest absolute Gasteiger partial charge is 0.423 e. The summed E-state index contributed by atoms with van der Waals surface area (Å²) in [6.45, 7) is 2.03. The first-order chi connectivity index (χ1) is 7.65. The molecule has 86 valence electrons. The highest BCUT2D eigenvalue weighted by atomic mass is 16.5. The maximum absolute atomic E-state index is 11.6. The Balaban J connectivity index is 2.35. The second-order valence-corrected chi connectivity index (χ2v) is 4.02. The van der Waals surface area contributed by atoms with Gasteiger partial charge in [0.05, 0.1) is 0 Å². The monoisotopic (exact) mass is 222 g/mol. The molecule has 16 heavy (non-hydrogen) atoms. The summed E-state index contributed by atoms with van der Waals surface area (Å²) in [5.74, 6) is -0.589. The minimum atomic E-state index is -1.04. The summed E-state index contributed by atoms with van der Waals surface area (Å²) in [5.41, 5.74) is 0.731. The number of ketones is 1. The topological polar surface area (TPSA) is 63.6 Å². The normalized spacial score (nSPS) is 27.4. The number of unbranched alkanes of at least 4 members (excludes halogenated alkanes) is 1. The standard InChI is InChI=1S/C12H14O4/c1-2-3-4-9-7-5-6-8(13)11(14)10(7)12(15)16-9/h4,8,13H,2-3,5-6H2,1H3. The Morgan fingerprint density at radius 2 is 2.25 bits per heavy atom. The van der Waals surface area contributed by atoms with Crippen LogP contribution in [0.15, 0.2) is 23.0 Å². The molecule has 0 bridgehead atoms. The molecule has 1 N–H and O–H groups in total. The highest BCUT2D eigenvalue weighted by molar-refractivity contribution is 6.22. The highest BCUT2D eigenvalue weighted by Crippen LogP contribution is 2.35. The number of hydrogen-bond acceptors (Lipinski definition) is 4. The number of carbonyl (C=O) groups is 2. The van der Waals surface area contributed by atoms with Crippen LogP contribution in [0.4, 0.5) is 0 Å². The van der Waals surface area contributed by atoms with E-state index in [4.69, 9.17) is 4.74 Å². The van der Waals surface area contributed by atoms with Crippen molar-refractivity contribution in [2.75, 3.05) is 0 Å².